The number of nitrogen functional groups attached to an aromatic ring is 1. The van der Waals surface area contributed by atoms with Gasteiger partial charge in [0.15, 0.2) is 0 Å². The molecule has 49 heavy (non-hydrogen) atoms. The van der Waals surface area contributed by atoms with Crippen LogP contribution in [0.1, 0.15) is 37.3 Å². The van der Waals surface area contributed by atoms with Crippen LogP contribution in [-0.2, 0) is 46.3 Å². The van der Waals surface area contributed by atoms with E-state index in [2.05, 4.69) is 47.6 Å². The smallest absolute Gasteiger partial charge is 0.233 e. The fraction of sp³-hybridized carbons (Fsp3) is 0.656. The molecule has 0 fully saturated rings. The topological polar surface area (TPSA) is 214 Å². The van der Waals surface area contributed by atoms with Crippen LogP contribution in [0.25, 0.3) is 0 Å². The summed E-state index contributed by atoms with van der Waals surface area (Å²) in [4.78, 5) is 46.5. The number of ether oxygens (including phenoxy) is 4. The minimum Gasteiger partial charge on any atom is -0.383 e. The van der Waals surface area contributed by atoms with Gasteiger partial charge in [-0.1, -0.05) is 19.4 Å². The lowest BCUT2D eigenvalue weighted by Gasteiger charge is -2.18. The predicted molar refractivity (Wildman–Crippen MR) is 186 cm³/mol. The number of hydrogen-bond donors (Lipinski definition) is 5. The van der Waals surface area contributed by atoms with Gasteiger partial charge in [-0.25, -0.2) is 10.9 Å². The first-order valence-electron chi connectivity index (χ1n) is 16.9. The quantitative estimate of drug-likeness (QED) is 0.0610. The van der Waals surface area contributed by atoms with Gasteiger partial charge in [0.25, 0.3) is 0 Å². The Morgan fingerprint density at radius 3 is 2.24 bits per heavy atom. The largest absolute Gasteiger partial charge is 0.383 e. The minimum atomic E-state index is -0.0648. The van der Waals surface area contributed by atoms with Gasteiger partial charge in [-0.15, -0.1) is 0 Å². The number of nitrogens with one attached hydrogen (secondary N) is 3. The number of nitrogens with two attached hydrogens (primary N) is 2. The summed E-state index contributed by atoms with van der Waals surface area (Å²) < 4.78 is 21.5. The SMILES string of the molecule is CCCCNc1nc(N)c2c(n1)N(Cc1ccc(NCCN(C)CCNC(=O)CCOCCOCCOCCOCCON)nc1)C(=O)C2. The molecule has 274 valence electrons. The average molecular weight is 691 g/mol. The summed E-state index contributed by atoms with van der Waals surface area (Å²) in [5.41, 5.74) is 7.70. The highest BCUT2D eigenvalue weighted by molar-refractivity contribution is 6.01. The average Bonchev–Trinajstić information content (AvgIpc) is 3.40. The van der Waals surface area contributed by atoms with Gasteiger partial charge in [-0.2, -0.15) is 9.97 Å². The number of nitrogens with zero attached hydrogens (tertiary/aromatic N) is 5. The molecule has 0 aromatic carbocycles. The first kappa shape index (κ1) is 39.7. The van der Waals surface area contributed by atoms with Crippen LogP contribution in [0.4, 0.5) is 23.4 Å². The Labute approximate surface area is 288 Å². The second-order valence-corrected chi connectivity index (χ2v) is 11.4. The standard InChI is InChI=1S/C32H54N10O7/c1-3-4-8-37-32-39-30(33)26-22-29(44)42(31(26)40-32)24-25-5-6-27(38-23-25)35-9-11-41(2)12-10-36-28(43)7-13-45-14-15-46-16-17-47-18-19-48-20-21-49-34/h5-6,23H,3-4,7-22,24,34H2,1-2H3,(H,35,38)(H,36,43)(H3,33,37,39,40). The van der Waals surface area contributed by atoms with Crippen molar-refractivity contribution in [2.24, 2.45) is 5.90 Å². The van der Waals surface area contributed by atoms with Crippen molar-refractivity contribution >= 4 is 35.2 Å². The second kappa shape index (κ2) is 23.6. The normalized spacial score (nSPS) is 12.5. The third-order valence-corrected chi connectivity index (χ3v) is 7.43. The summed E-state index contributed by atoms with van der Waals surface area (Å²) in [6, 6.07) is 3.84. The molecule has 17 nitrogen and oxygen atoms in total. The van der Waals surface area contributed by atoms with E-state index in [9.17, 15) is 9.59 Å². The maximum absolute atomic E-state index is 12.8. The molecule has 0 radical (unpaired) electrons. The van der Waals surface area contributed by atoms with Crippen LogP contribution in [-0.4, -0.2) is 131 Å². The van der Waals surface area contributed by atoms with Crippen molar-refractivity contribution in [2.75, 3.05) is 121 Å². The molecule has 2 amide bonds. The second-order valence-electron chi connectivity index (χ2n) is 11.4. The number of unbranched alkanes of at least 4 members (excludes halogenated alkanes) is 1. The Bertz CT molecular complexity index is 1240. The Hall–Kier alpha value is -3.71. The monoisotopic (exact) mass is 690 g/mol. The summed E-state index contributed by atoms with van der Waals surface area (Å²) >= 11 is 0. The van der Waals surface area contributed by atoms with E-state index in [4.69, 9.17) is 30.6 Å². The Kier molecular flexibility index (Phi) is 19.1. The van der Waals surface area contributed by atoms with E-state index >= 15 is 0 Å². The van der Waals surface area contributed by atoms with Crippen molar-refractivity contribution in [3.63, 3.8) is 0 Å². The molecule has 0 aliphatic carbocycles. The van der Waals surface area contributed by atoms with Crippen LogP contribution in [0, 0.1) is 0 Å². The Balaban J connectivity index is 1.21. The lowest BCUT2D eigenvalue weighted by atomic mass is 10.2. The lowest BCUT2D eigenvalue weighted by Crippen LogP contribution is -2.35. The first-order valence-corrected chi connectivity index (χ1v) is 16.9. The number of hydrogen-bond acceptors (Lipinski definition) is 15. The van der Waals surface area contributed by atoms with Gasteiger partial charge in [0.2, 0.25) is 17.8 Å². The summed E-state index contributed by atoms with van der Waals surface area (Å²) in [7, 11) is 2.00. The van der Waals surface area contributed by atoms with E-state index in [-0.39, 0.29) is 18.2 Å². The molecular formula is C32H54N10O7. The number of carbonyl (C=O) groups excluding carboxylic acids is 2. The molecule has 0 bridgehead atoms. The molecule has 1 aliphatic heterocycles. The molecule has 17 heteroatoms. The third-order valence-electron chi connectivity index (χ3n) is 7.43. The fourth-order valence-corrected chi connectivity index (χ4v) is 4.67. The molecule has 0 unspecified atom stereocenters. The summed E-state index contributed by atoms with van der Waals surface area (Å²) in [5.74, 6) is 6.85. The minimum absolute atomic E-state index is 0.0514. The molecule has 2 aromatic heterocycles. The fourth-order valence-electron chi connectivity index (χ4n) is 4.67. The van der Waals surface area contributed by atoms with Gasteiger partial charge in [-0.3, -0.25) is 14.5 Å². The van der Waals surface area contributed by atoms with Gasteiger partial charge in [0.1, 0.15) is 17.5 Å². The molecule has 3 rings (SSSR count). The molecule has 0 saturated carbocycles. The van der Waals surface area contributed by atoms with Crippen molar-refractivity contribution in [1.29, 1.82) is 0 Å². The van der Waals surface area contributed by atoms with E-state index in [1.165, 1.54) is 0 Å². The third kappa shape index (κ3) is 15.6. The molecule has 1 aliphatic rings. The first-order chi connectivity index (χ1) is 23.9. The molecular weight excluding hydrogens is 636 g/mol. The number of carbonyl (C=O) groups is 2. The van der Waals surface area contributed by atoms with Crippen LogP contribution in [0.2, 0.25) is 0 Å². The molecule has 3 heterocycles. The Morgan fingerprint density at radius 1 is 0.918 bits per heavy atom. The van der Waals surface area contributed by atoms with Crippen molar-refractivity contribution < 1.29 is 33.4 Å². The zero-order valence-electron chi connectivity index (χ0n) is 28.9. The van der Waals surface area contributed by atoms with Gasteiger partial charge >= 0.3 is 0 Å². The highest BCUT2D eigenvalue weighted by Gasteiger charge is 2.32. The van der Waals surface area contributed by atoms with Crippen molar-refractivity contribution in [3.8, 4) is 0 Å². The van der Waals surface area contributed by atoms with E-state index in [1.54, 1.807) is 11.1 Å². The van der Waals surface area contributed by atoms with Crippen molar-refractivity contribution in [3.05, 3.63) is 29.5 Å². The zero-order valence-corrected chi connectivity index (χ0v) is 28.9. The summed E-state index contributed by atoms with van der Waals surface area (Å²) in [6.07, 6.45) is 4.28. The van der Waals surface area contributed by atoms with E-state index < -0.39 is 0 Å². The van der Waals surface area contributed by atoms with Crippen LogP contribution < -0.4 is 32.5 Å². The highest BCUT2D eigenvalue weighted by atomic mass is 16.6. The number of amides is 2. The van der Waals surface area contributed by atoms with Gasteiger partial charge < -0.3 is 50.4 Å². The van der Waals surface area contributed by atoms with E-state index in [0.29, 0.717) is 115 Å². The number of likely N-dealkylation sites (N-methyl/N-ethyl adjacent to an activating group) is 1. The predicted octanol–water partition coefficient (Wildman–Crippen LogP) is 0.562. The van der Waals surface area contributed by atoms with E-state index in [1.807, 2.05) is 19.2 Å². The molecule has 0 atom stereocenters. The number of pyridine rings is 1. The maximum atomic E-state index is 12.8. The maximum Gasteiger partial charge on any atom is 0.233 e. The molecule has 2 aromatic rings. The highest BCUT2D eigenvalue weighted by Crippen LogP contribution is 2.32. The Morgan fingerprint density at radius 2 is 1.59 bits per heavy atom. The number of anilines is 4. The van der Waals surface area contributed by atoms with Gasteiger partial charge in [0, 0.05) is 50.9 Å². The summed E-state index contributed by atoms with van der Waals surface area (Å²) in [5, 5.41) is 9.43. The molecule has 0 spiro atoms. The van der Waals surface area contributed by atoms with Gasteiger partial charge in [-0.05, 0) is 25.1 Å². The van der Waals surface area contributed by atoms with Crippen LogP contribution in [0.3, 0.4) is 0 Å². The number of aromatic nitrogens is 3. The molecule has 7 N–H and O–H groups in total. The lowest BCUT2D eigenvalue weighted by molar-refractivity contribution is -0.122. The van der Waals surface area contributed by atoms with Crippen LogP contribution in [0.15, 0.2) is 18.3 Å². The summed E-state index contributed by atoms with van der Waals surface area (Å²) in [6.45, 7) is 9.77. The molecule has 0 saturated heterocycles. The van der Waals surface area contributed by atoms with E-state index in [0.717, 1.165) is 37.3 Å². The van der Waals surface area contributed by atoms with Crippen molar-refractivity contribution in [2.45, 2.75) is 39.2 Å². The van der Waals surface area contributed by atoms with Crippen LogP contribution in [0.5, 0.6) is 0 Å². The number of fused-ring (bicyclic) bond motifs is 1. The van der Waals surface area contributed by atoms with Gasteiger partial charge in [0.05, 0.1) is 72.4 Å². The van der Waals surface area contributed by atoms with Crippen LogP contribution >= 0.6 is 0 Å². The zero-order chi connectivity index (χ0) is 35.1. The van der Waals surface area contributed by atoms with Crippen molar-refractivity contribution in [1.82, 2.24) is 25.2 Å². The number of rotatable bonds is 28.